The molecule has 0 fully saturated rings. The Bertz CT molecular complexity index is 1490. The molecule has 4 rings (SSSR count). The summed E-state index contributed by atoms with van der Waals surface area (Å²) in [7, 11) is 0. The largest absolute Gasteiger partial charge is 0.395 e. The first-order valence-electron chi connectivity index (χ1n) is 11.7. The number of hydrogen-bond acceptors (Lipinski definition) is 6. The molecule has 0 aliphatic carbocycles. The molecule has 0 aliphatic rings. The van der Waals surface area contributed by atoms with Crippen LogP contribution >= 0.6 is 23.1 Å². The van der Waals surface area contributed by atoms with Crippen molar-refractivity contribution in [2.75, 3.05) is 10.6 Å². The molecule has 194 valence electrons. The smallest absolute Gasteiger partial charge is 0.273 e. The van der Waals surface area contributed by atoms with Crippen LogP contribution in [0.2, 0.25) is 5.02 Å². The maximum absolute atomic E-state index is 14.2. The minimum Gasteiger partial charge on any atom is -0.395 e. The van der Waals surface area contributed by atoms with Gasteiger partial charge in [0, 0.05) is 17.3 Å². The number of aromatic nitrogens is 1. The number of halogens is 1. The number of primary amides is 1. The van der Waals surface area contributed by atoms with E-state index in [0.29, 0.717) is 16.3 Å². The van der Waals surface area contributed by atoms with Gasteiger partial charge in [-0.25, -0.2) is 0 Å². The summed E-state index contributed by atoms with van der Waals surface area (Å²) in [5.74, 6) is -1.84. The first-order valence-corrected chi connectivity index (χ1v) is 12.9. The molecule has 1 atom stereocenters. The summed E-state index contributed by atoms with van der Waals surface area (Å²) >= 11 is 6.90. The number of benzene rings is 3. The van der Waals surface area contributed by atoms with Crippen molar-refractivity contribution < 1.29 is 14.4 Å². The van der Waals surface area contributed by atoms with Crippen LogP contribution in [-0.2, 0) is 11.3 Å². The van der Waals surface area contributed by atoms with Gasteiger partial charge in [0.05, 0.1) is 5.69 Å². The Morgan fingerprint density at radius 2 is 1.71 bits per heavy atom. The lowest BCUT2D eigenvalue weighted by molar-refractivity contribution is -0.122. The van der Waals surface area contributed by atoms with Gasteiger partial charge in [-0.2, -0.15) is 4.37 Å². The van der Waals surface area contributed by atoms with E-state index in [0.717, 1.165) is 28.2 Å². The molecule has 0 radical (unpaired) electrons. The Balaban J connectivity index is 1.86. The van der Waals surface area contributed by atoms with Crippen molar-refractivity contribution in [1.82, 2.24) is 9.69 Å². The number of carbonyl (C=O) groups is 3. The second-order valence-electron chi connectivity index (χ2n) is 8.76. The average Bonchev–Trinajstić information content (AvgIpc) is 3.29. The van der Waals surface area contributed by atoms with Gasteiger partial charge in [0.15, 0.2) is 5.69 Å². The van der Waals surface area contributed by atoms with Crippen molar-refractivity contribution in [2.45, 2.75) is 26.4 Å². The minimum absolute atomic E-state index is 0.00796. The summed E-state index contributed by atoms with van der Waals surface area (Å²) in [6.45, 7) is 4.05. The third kappa shape index (κ3) is 5.69. The number of rotatable bonds is 8. The fourth-order valence-electron chi connectivity index (χ4n) is 4.12. The zero-order valence-corrected chi connectivity index (χ0v) is 22.3. The third-order valence-corrected chi connectivity index (χ3v) is 7.09. The fourth-order valence-corrected chi connectivity index (χ4v) is 4.99. The first kappa shape index (κ1) is 26.8. The molecule has 5 N–H and O–H groups in total. The third-order valence-electron chi connectivity index (χ3n) is 5.99. The van der Waals surface area contributed by atoms with E-state index in [9.17, 15) is 14.4 Å². The zero-order valence-electron chi connectivity index (χ0n) is 20.8. The molecule has 0 spiro atoms. The first-order chi connectivity index (χ1) is 18.2. The van der Waals surface area contributed by atoms with Gasteiger partial charge >= 0.3 is 0 Å². The average molecular weight is 548 g/mol. The van der Waals surface area contributed by atoms with E-state index in [1.165, 1.54) is 4.90 Å². The van der Waals surface area contributed by atoms with Crippen molar-refractivity contribution >= 4 is 52.2 Å². The summed E-state index contributed by atoms with van der Waals surface area (Å²) in [4.78, 5) is 41.2. The maximum Gasteiger partial charge on any atom is 0.273 e. The molecule has 1 aromatic heterocycles. The van der Waals surface area contributed by atoms with Crippen molar-refractivity contribution in [3.63, 3.8) is 0 Å². The topological polar surface area (TPSA) is 131 Å². The van der Waals surface area contributed by atoms with Crippen LogP contribution in [-0.4, -0.2) is 22.1 Å². The molecule has 0 saturated heterocycles. The Labute approximate surface area is 229 Å². The number of carbonyl (C=O) groups excluding carboxylic acids is 3. The normalized spacial score (nSPS) is 11.6. The number of hydrogen-bond donors (Lipinski definition) is 3. The number of nitrogens with zero attached hydrogens (tertiary/aromatic N) is 2. The van der Waals surface area contributed by atoms with Crippen LogP contribution in [0.5, 0.6) is 0 Å². The van der Waals surface area contributed by atoms with Gasteiger partial charge in [0.25, 0.3) is 11.8 Å². The summed E-state index contributed by atoms with van der Waals surface area (Å²) in [6.07, 6.45) is 0. The van der Waals surface area contributed by atoms with Gasteiger partial charge < -0.3 is 16.8 Å². The molecule has 3 aromatic carbocycles. The Morgan fingerprint density at radius 1 is 1.03 bits per heavy atom. The second kappa shape index (κ2) is 11.5. The minimum atomic E-state index is -1.09. The molecule has 3 amide bonds. The standard InChI is InChI=1S/C28H26ClN5O3S/c1-16-8-13-21(17(2)14-16)34(28(37)25-22(30)23(26(31)35)33-38-25)24(19-9-11-20(29)12-10-19)27(36)32-15-18-6-4-3-5-7-18/h3-14,24H,15,30H2,1-2H3,(H2,31,35)(H,32,36). The Kier molecular flexibility index (Phi) is 8.09. The summed E-state index contributed by atoms with van der Waals surface area (Å²) < 4.78 is 3.99. The number of nitrogens with two attached hydrogens (primary N) is 2. The highest BCUT2D eigenvalue weighted by molar-refractivity contribution is 7.09. The highest BCUT2D eigenvalue weighted by Crippen LogP contribution is 2.35. The molecule has 0 bridgehead atoms. The van der Waals surface area contributed by atoms with Crippen molar-refractivity contribution in [1.29, 1.82) is 0 Å². The molecule has 38 heavy (non-hydrogen) atoms. The van der Waals surface area contributed by atoms with Crippen LogP contribution in [0.4, 0.5) is 11.4 Å². The molecular formula is C28H26ClN5O3S. The van der Waals surface area contributed by atoms with Gasteiger partial charge in [-0.1, -0.05) is 71.8 Å². The van der Waals surface area contributed by atoms with E-state index in [4.69, 9.17) is 23.1 Å². The lowest BCUT2D eigenvalue weighted by atomic mass is 10.0. The predicted molar refractivity (Wildman–Crippen MR) is 150 cm³/mol. The van der Waals surface area contributed by atoms with Crippen LogP contribution in [0.3, 0.4) is 0 Å². The molecule has 0 saturated carbocycles. The molecular weight excluding hydrogens is 522 g/mol. The highest BCUT2D eigenvalue weighted by atomic mass is 35.5. The van der Waals surface area contributed by atoms with Gasteiger partial charge in [-0.3, -0.25) is 19.3 Å². The van der Waals surface area contributed by atoms with E-state index < -0.39 is 23.8 Å². The summed E-state index contributed by atoms with van der Waals surface area (Å²) in [6, 6.07) is 20.6. The second-order valence-corrected chi connectivity index (χ2v) is 9.97. The lowest BCUT2D eigenvalue weighted by Gasteiger charge is -2.32. The quantitative estimate of drug-likeness (QED) is 0.291. The SMILES string of the molecule is Cc1ccc(N(C(=O)c2snc(C(N)=O)c2N)C(C(=O)NCc2ccccc2)c2ccc(Cl)cc2)c(C)c1. The molecule has 8 nitrogen and oxygen atoms in total. The van der Waals surface area contributed by atoms with Crippen LogP contribution in [0.15, 0.2) is 72.8 Å². The number of anilines is 2. The fraction of sp³-hybridized carbons (Fsp3) is 0.143. The molecule has 4 aromatic rings. The van der Waals surface area contributed by atoms with Crippen LogP contribution in [0.25, 0.3) is 0 Å². The summed E-state index contributed by atoms with van der Waals surface area (Å²) in [5, 5.41) is 3.44. The molecule has 10 heteroatoms. The Hall–Kier alpha value is -4.21. The lowest BCUT2D eigenvalue weighted by Crippen LogP contribution is -2.44. The zero-order chi connectivity index (χ0) is 27.4. The van der Waals surface area contributed by atoms with Gasteiger partial charge in [0.1, 0.15) is 10.9 Å². The number of aryl methyl sites for hydroxylation is 2. The number of amides is 3. The number of nitrogen functional groups attached to an aromatic ring is 1. The number of nitrogens with one attached hydrogen (secondary N) is 1. The maximum atomic E-state index is 14.2. The Morgan fingerprint density at radius 3 is 2.32 bits per heavy atom. The van der Waals surface area contributed by atoms with E-state index in [1.54, 1.807) is 30.3 Å². The van der Waals surface area contributed by atoms with Crippen molar-refractivity contribution in [3.05, 3.63) is 111 Å². The highest BCUT2D eigenvalue weighted by Gasteiger charge is 2.36. The van der Waals surface area contributed by atoms with Crippen LogP contribution < -0.4 is 21.7 Å². The monoisotopic (exact) mass is 547 g/mol. The van der Waals surface area contributed by atoms with Crippen LogP contribution in [0, 0.1) is 13.8 Å². The molecule has 1 unspecified atom stereocenters. The van der Waals surface area contributed by atoms with E-state index in [-0.39, 0.29) is 22.8 Å². The molecule has 1 heterocycles. The summed E-state index contributed by atoms with van der Waals surface area (Å²) in [5.41, 5.74) is 14.9. The van der Waals surface area contributed by atoms with Crippen molar-refractivity contribution in [3.8, 4) is 0 Å². The van der Waals surface area contributed by atoms with Gasteiger partial charge in [-0.15, -0.1) is 0 Å². The van der Waals surface area contributed by atoms with E-state index in [1.807, 2.05) is 56.3 Å². The van der Waals surface area contributed by atoms with Crippen molar-refractivity contribution in [2.24, 2.45) is 5.73 Å². The molecule has 0 aliphatic heterocycles. The van der Waals surface area contributed by atoms with Gasteiger partial charge in [0.2, 0.25) is 5.91 Å². The van der Waals surface area contributed by atoms with E-state index >= 15 is 0 Å². The van der Waals surface area contributed by atoms with E-state index in [2.05, 4.69) is 9.69 Å². The predicted octanol–water partition coefficient (Wildman–Crippen LogP) is 4.80. The van der Waals surface area contributed by atoms with Gasteiger partial charge in [-0.05, 0) is 60.3 Å². The van der Waals surface area contributed by atoms with Crippen LogP contribution in [0.1, 0.15) is 48.5 Å².